The van der Waals surface area contributed by atoms with Gasteiger partial charge in [0.1, 0.15) is 0 Å². The number of nitrogens with one attached hydrogen (secondary N) is 2. The molecule has 1 fully saturated rings. The minimum atomic E-state index is 0.0925. The van der Waals surface area contributed by atoms with Gasteiger partial charge in [-0.05, 0) is 23.8 Å². The number of nitrogens with zero attached hydrogens (tertiary/aromatic N) is 2. The van der Waals surface area contributed by atoms with E-state index in [0.717, 1.165) is 22.4 Å². The molecule has 1 aromatic carbocycles. The zero-order chi connectivity index (χ0) is 18.4. The maximum absolute atomic E-state index is 12.3. The number of carbonyl (C=O) groups excluding carboxylic acids is 1. The molecule has 1 aliphatic rings. The van der Waals surface area contributed by atoms with Crippen LogP contribution in [-0.2, 0) is 11.3 Å². The van der Waals surface area contributed by atoms with Crippen LogP contribution in [0.5, 0.6) is 0 Å². The van der Waals surface area contributed by atoms with Crippen molar-refractivity contribution in [3.8, 4) is 0 Å². The van der Waals surface area contributed by atoms with Gasteiger partial charge in [0.05, 0.1) is 5.75 Å². The van der Waals surface area contributed by atoms with E-state index in [1.54, 1.807) is 0 Å². The van der Waals surface area contributed by atoms with E-state index in [0.29, 0.717) is 23.6 Å². The summed E-state index contributed by atoms with van der Waals surface area (Å²) < 4.78 is 0.820. The SMILES string of the molecule is C[C@H]1[C@H](C)CCC[C@@H]1NC(=O)CSc1nnc(NCc2ccccc2)s1. The third-order valence-corrected chi connectivity index (χ3v) is 7.09. The summed E-state index contributed by atoms with van der Waals surface area (Å²) in [5.41, 5.74) is 1.20. The van der Waals surface area contributed by atoms with Crippen LogP contribution in [0, 0.1) is 11.8 Å². The van der Waals surface area contributed by atoms with Crippen LogP contribution in [0.25, 0.3) is 0 Å². The Morgan fingerprint density at radius 1 is 1.23 bits per heavy atom. The van der Waals surface area contributed by atoms with Crippen molar-refractivity contribution < 1.29 is 4.79 Å². The standard InChI is InChI=1S/C19H26N4OS2/c1-13-7-6-10-16(14(13)2)21-17(24)12-25-19-23-22-18(26-19)20-11-15-8-4-3-5-9-15/h3-5,8-9,13-14,16H,6-7,10-12H2,1-2H3,(H,20,22)(H,21,24)/t13-,14+,16+/m1/s1. The predicted octanol–water partition coefficient (Wildman–Crippen LogP) is 4.18. The molecule has 1 heterocycles. The van der Waals surface area contributed by atoms with Crippen molar-refractivity contribution >= 4 is 34.1 Å². The fourth-order valence-electron chi connectivity index (χ4n) is 3.27. The first-order chi connectivity index (χ1) is 12.6. The Morgan fingerprint density at radius 2 is 2.04 bits per heavy atom. The molecule has 1 aliphatic carbocycles. The Morgan fingerprint density at radius 3 is 2.85 bits per heavy atom. The molecule has 26 heavy (non-hydrogen) atoms. The molecule has 2 aromatic rings. The van der Waals surface area contributed by atoms with Gasteiger partial charge in [0.15, 0.2) is 4.34 Å². The largest absolute Gasteiger partial charge is 0.356 e. The topological polar surface area (TPSA) is 66.9 Å². The lowest BCUT2D eigenvalue weighted by atomic mass is 9.78. The van der Waals surface area contributed by atoms with Crippen LogP contribution in [0.15, 0.2) is 34.7 Å². The second-order valence-electron chi connectivity index (χ2n) is 6.94. The van der Waals surface area contributed by atoms with Crippen LogP contribution >= 0.6 is 23.1 Å². The molecule has 1 aromatic heterocycles. The number of aromatic nitrogens is 2. The number of anilines is 1. The lowest BCUT2D eigenvalue weighted by molar-refractivity contribution is -0.119. The van der Waals surface area contributed by atoms with Crippen LogP contribution in [-0.4, -0.2) is 27.9 Å². The molecule has 0 aliphatic heterocycles. The third kappa shape index (κ3) is 5.45. The maximum atomic E-state index is 12.3. The van der Waals surface area contributed by atoms with Crippen molar-refractivity contribution in [2.24, 2.45) is 11.8 Å². The molecular formula is C19H26N4OS2. The monoisotopic (exact) mass is 390 g/mol. The molecule has 3 atom stereocenters. The zero-order valence-electron chi connectivity index (χ0n) is 15.3. The first-order valence-corrected chi connectivity index (χ1v) is 11.0. The van der Waals surface area contributed by atoms with Gasteiger partial charge in [-0.15, -0.1) is 10.2 Å². The van der Waals surface area contributed by atoms with Crippen molar-refractivity contribution in [3.63, 3.8) is 0 Å². The van der Waals surface area contributed by atoms with E-state index in [4.69, 9.17) is 0 Å². The van der Waals surface area contributed by atoms with Crippen LogP contribution in [0.4, 0.5) is 5.13 Å². The van der Waals surface area contributed by atoms with Crippen molar-refractivity contribution in [1.29, 1.82) is 0 Å². The summed E-state index contributed by atoms with van der Waals surface area (Å²) in [5.74, 6) is 1.72. The van der Waals surface area contributed by atoms with Crippen LogP contribution in [0.2, 0.25) is 0 Å². The number of benzene rings is 1. The van der Waals surface area contributed by atoms with Gasteiger partial charge in [0.25, 0.3) is 0 Å². The summed E-state index contributed by atoms with van der Waals surface area (Å²) in [6.07, 6.45) is 3.57. The molecular weight excluding hydrogens is 364 g/mol. The fraction of sp³-hybridized carbons (Fsp3) is 0.526. The molecule has 5 nitrogen and oxygen atoms in total. The van der Waals surface area contributed by atoms with E-state index in [1.165, 1.54) is 41.5 Å². The maximum Gasteiger partial charge on any atom is 0.230 e. The molecule has 1 saturated carbocycles. The number of carbonyl (C=O) groups is 1. The van der Waals surface area contributed by atoms with Crippen LogP contribution < -0.4 is 10.6 Å². The molecule has 0 bridgehead atoms. The summed E-state index contributed by atoms with van der Waals surface area (Å²) in [5, 5.41) is 15.6. The van der Waals surface area contributed by atoms with E-state index < -0.39 is 0 Å². The number of hydrogen-bond acceptors (Lipinski definition) is 6. The minimum Gasteiger partial charge on any atom is -0.356 e. The smallest absolute Gasteiger partial charge is 0.230 e. The highest BCUT2D eigenvalue weighted by atomic mass is 32.2. The summed E-state index contributed by atoms with van der Waals surface area (Å²) >= 11 is 2.95. The van der Waals surface area contributed by atoms with Crippen molar-refractivity contribution in [3.05, 3.63) is 35.9 Å². The molecule has 0 unspecified atom stereocenters. The number of rotatable bonds is 7. The molecule has 140 valence electrons. The van der Waals surface area contributed by atoms with Gasteiger partial charge in [-0.2, -0.15) is 0 Å². The highest BCUT2D eigenvalue weighted by molar-refractivity contribution is 8.01. The Bertz CT molecular complexity index is 707. The summed E-state index contributed by atoms with van der Waals surface area (Å²) in [7, 11) is 0. The predicted molar refractivity (Wildman–Crippen MR) is 109 cm³/mol. The first-order valence-electron chi connectivity index (χ1n) is 9.15. The van der Waals surface area contributed by atoms with E-state index in [-0.39, 0.29) is 5.91 Å². The van der Waals surface area contributed by atoms with Gasteiger partial charge in [0, 0.05) is 12.6 Å². The summed E-state index contributed by atoms with van der Waals surface area (Å²) in [6, 6.07) is 10.5. The minimum absolute atomic E-state index is 0.0925. The first kappa shape index (κ1) is 19.2. The molecule has 7 heteroatoms. The summed E-state index contributed by atoms with van der Waals surface area (Å²) in [4.78, 5) is 12.3. The second-order valence-corrected chi connectivity index (χ2v) is 9.14. The quantitative estimate of drug-likeness (QED) is 0.694. The van der Waals surface area contributed by atoms with E-state index in [1.807, 2.05) is 18.2 Å². The number of thioether (sulfide) groups is 1. The average molecular weight is 391 g/mol. The molecule has 0 radical (unpaired) electrons. The lowest BCUT2D eigenvalue weighted by Gasteiger charge is -2.34. The summed E-state index contributed by atoms with van der Waals surface area (Å²) in [6.45, 7) is 5.25. The molecule has 1 amide bonds. The second kappa shape index (κ2) is 9.37. The molecule has 3 rings (SSSR count). The highest BCUT2D eigenvalue weighted by Crippen LogP contribution is 2.30. The average Bonchev–Trinajstić information content (AvgIpc) is 3.11. The third-order valence-electron chi connectivity index (χ3n) is 5.07. The highest BCUT2D eigenvalue weighted by Gasteiger charge is 2.28. The Balaban J connectivity index is 1.42. The number of hydrogen-bond donors (Lipinski definition) is 2. The molecule has 0 spiro atoms. The van der Waals surface area contributed by atoms with Crippen molar-refractivity contribution in [1.82, 2.24) is 15.5 Å². The van der Waals surface area contributed by atoms with E-state index >= 15 is 0 Å². The Hall–Kier alpha value is -1.60. The van der Waals surface area contributed by atoms with Crippen molar-refractivity contribution in [2.75, 3.05) is 11.1 Å². The van der Waals surface area contributed by atoms with E-state index in [2.05, 4.69) is 46.8 Å². The number of amides is 1. The van der Waals surface area contributed by atoms with Gasteiger partial charge in [0.2, 0.25) is 11.0 Å². The Kier molecular flexibility index (Phi) is 6.91. The van der Waals surface area contributed by atoms with Crippen LogP contribution in [0.1, 0.15) is 38.7 Å². The lowest BCUT2D eigenvalue weighted by Crippen LogP contribution is -2.44. The Labute approximate surface area is 163 Å². The van der Waals surface area contributed by atoms with Crippen LogP contribution in [0.3, 0.4) is 0 Å². The van der Waals surface area contributed by atoms with Gasteiger partial charge in [-0.3, -0.25) is 4.79 Å². The van der Waals surface area contributed by atoms with E-state index in [9.17, 15) is 4.79 Å². The molecule has 0 saturated heterocycles. The van der Waals surface area contributed by atoms with Crippen molar-refractivity contribution in [2.45, 2.75) is 50.0 Å². The fourth-order valence-corrected chi connectivity index (χ4v) is 4.83. The van der Waals surface area contributed by atoms with Gasteiger partial charge in [-0.25, -0.2) is 0 Å². The zero-order valence-corrected chi connectivity index (χ0v) is 16.9. The van der Waals surface area contributed by atoms with Gasteiger partial charge < -0.3 is 10.6 Å². The van der Waals surface area contributed by atoms with Gasteiger partial charge >= 0.3 is 0 Å². The normalized spacial score (nSPS) is 22.8. The van der Waals surface area contributed by atoms with Gasteiger partial charge in [-0.1, -0.05) is 80.1 Å². The molecule has 2 N–H and O–H groups in total.